The summed E-state index contributed by atoms with van der Waals surface area (Å²) >= 11 is 5.14. The van der Waals surface area contributed by atoms with Crippen molar-refractivity contribution in [3.63, 3.8) is 0 Å². The highest BCUT2D eigenvalue weighted by atomic mass is 32.1. The lowest BCUT2D eigenvalue weighted by molar-refractivity contribution is 0.432. The van der Waals surface area contributed by atoms with Crippen molar-refractivity contribution in [2.24, 2.45) is 0 Å². The van der Waals surface area contributed by atoms with Crippen LogP contribution in [0.2, 0.25) is 0 Å². The van der Waals surface area contributed by atoms with Crippen LogP contribution in [-0.2, 0) is 0 Å². The van der Waals surface area contributed by atoms with Gasteiger partial charge >= 0.3 is 0 Å². The normalized spacial score (nSPS) is 11.7. The number of para-hydroxylation sites is 1. The van der Waals surface area contributed by atoms with Crippen LogP contribution < -0.4 is 21.7 Å². The fourth-order valence-corrected chi connectivity index (χ4v) is 3.33. The van der Waals surface area contributed by atoms with Gasteiger partial charge in [0.15, 0.2) is 4.77 Å². The maximum Gasteiger partial charge on any atom is 0.279 e. The van der Waals surface area contributed by atoms with E-state index in [1.54, 1.807) is 24.3 Å². The van der Waals surface area contributed by atoms with Gasteiger partial charge in [-0.25, -0.2) is 9.07 Å². The third kappa shape index (κ3) is 3.31. The summed E-state index contributed by atoms with van der Waals surface area (Å²) in [5.41, 5.74) is -0.375. The zero-order chi connectivity index (χ0) is 21.4. The molecule has 0 saturated heterocycles. The molecule has 3 N–H and O–H groups in total. The number of benzene rings is 2. The molecule has 0 atom stereocenters. The first-order valence-corrected chi connectivity index (χ1v) is 9.19. The number of nitrogens with zero attached hydrogens (tertiary/aromatic N) is 2. The molecule has 0 aliphatic carbocycles. The molecule has 0 amide bonds. The molecular formula is C21H15FN4O3S. The molecule has 0 bridgehead atoms. The molecule has 0 radical (unpaired) electrons. The number of hydrogen-bond acceptors (Lipinski definition) is 4. The first-order valence-electron chi connectivity index (χ1n) is 8.78. The lowest BCUT2D eigenvalue weighted by Gasteiger charge is -2.11. The summed E-state index contributed by atoms with van der Waals surface area (Å²) in [5.74, 6) is -0.946. The van der Waals surface area contributed by atoms with Crippen LogP contribution in [0.4, 0.5) is 4.39 Å². The number of aromatic nitrogens is 4. The number of H-pyrrole nitrogens is 2. The monoisotopic (exact) mass is 422 g/mol. The number of halogens is 1. The van der Waals surface area contributed by atoms with Gasteiger partial charge in [-0.1, -0.05) is 24.8 Å². The molecule has 150 valence electrons. The Morgan fingerprint density at radius 2 is 1.70 bits per heavy atom. The lowest BCUT2D eigenvalue weighted by atomic mass is 10.2. The Bertz CT molecular complexity index is 1530. The van der Waals surface area contributed by atoms with Crippen molar-refractivity contribution < 1.29 is 9.50 Å². The third-order valence-electron chi connectivity index (χ3n) is 4.51. The van der Waals surface area contributed by atoms with Crippen LogP contribution in [0.1, 0.15) is 5.56 Å². The van der Waals surface area contributed by atoms with Gasteiger partial charge in [-0.3, -0.25) is 24.2 Å². The predicted molar refractivity (Wildman–Crippen MR) is 114 cm³/mol. The van der Waals surface area contributed by atoms with Crippen molar-refractivity contribution in [1.82, 2.24) is 19.3 Å². The Labute approximate surface area is 173 Å². The fraction of sp³-hybridized carbons (Fsp3) is 0. The average Bonchev–Trinajstić information content (AvgIpc) is 3.01. The van der Waals surface area contributed by atoms with E-state index in [4.69, 9.17) is 12.2 Å². The Kier molecular flexibility index (Phi) is 4.80. The smallest absolute Gasteiger partial charge is 0.279 e. The summed E-state index contributed by atoms with van der Waals surface area (Å²) in [7, 11) is 0. The largest absolute Gasteiger partial charge is 0.494 e. The number of hydrogen-bond donors (Lipinski definition) is 3. The van der Waals surface area contributed by atoms with E-state index in [0.717, 1.165) is 0 Å². The highest BCUT2D eigenvalue weighted by Crippen LogP contribution is 2.20. The van der Waals surface area contributed by atoms with Crippen LogP contribution >= 0.6 is 12.2 Å². The van der Waals surface area contributed by atoms with Crippen LogP contribution in [0.3, 0.4) is 0 Å². The average molecular weight is 422 g/mol. The van der Waals surface area contributed by atoms with Crippen LogP contribution in [-0.4, -0.2) is 24.4 Å². The van der Waals surface area contributed by atoms with Crippen molar-refractivity contribution in [3.05, 3.63) is 102 Å². The quantitative estimate of drug-likeness (QED) is 0.436. The van der Waals surface area contributed by atoms with E-state index >= 15 is 0 Å². The van der Waals surface area contributed by atoms with E-state index in [0.29, 0.717) is 11.4 Å². The van der Waals surface area contributed by atoms with Gasteiger partial charge in [-0.15, -0.1) is 0 Å². The van der Waals surface area contributed by atoms with Crippen LogP contribution in [0.15, 0.2) is 64.2 Å². The highest BCUT2D eigenvalue weighted by Gasteiger charge is 2.14. The van der Waals surface area contributed by atoms with E-state index in [2.05, 4.69) is 16.7 Å². The molecule has 30 heavy (non-hydrogen) atoms. The summed E-state index contributed by atoms with van der Waals surface area (Å²) in [5, 5.41) is 14.0. The minimum absolute atomic E-state index is 0.0770. The molecular weight excluding hydrogens is 407 g/mol. The van der Waals surface area contributed by atoms with E-state index in [1.807, 2.05) is 6.07 Å². The van der Waals surface area contributed by atoms with Crippen molar-refractivity contribution in [1.29, 1.82) is 0 Å². The van der Waals surface area contributed by atoms with E-state index in [-0.39, 0.29) is 20.9 Å². The first kappa shape index (κ1) is 19.3. The van der Waals surface area contributed by atoms with Gasteiger partial charge in [0, 0.05) is 0 Å². The second-order valence-corrected chi connectivity index (χ2v) is 6.82. The number of rotatable bonds is 3. The molecule has 0 fully saturated rings. The molecule has 2 aromatic carbocycles. The summed E-state index contributed by atoms with van der Waals surface area (Å²) in [6, 6.07) is 14.0. The minimum Gasteiger partial charge on any atom is -0.494 e. The van der Waals surface area contributed by atoms with Gasteiger partial charge in [0.05, 0.1) is 21.9 Å². The summed E-state index contributed by atoms with van der Waals surface area (Å²) < 4.78 is 15.6. The predicted octanol–water partition coefficient (Wildman–Crippen LogP) is 1.46. The second kappa shape index (κ2) is 7.45. The SMILES string of the molecule is C=c1[nH]n(-c2ccccc2)c(=O)c1=Cc1c(O)n(-c2ccc(F)cc2)c(=S)[nH]c1=O. The van der Waals surface area contributed by atoms with Gasteiger partial charge < -0.3 is 5.11 Å². The standard InChI is InChI=1S/C21H15FN4O3S/c1-12-16(20(29)26(24-12)15-5-3-2-4-6-15)11-17-18(27)23-21(30)25(19(17)28)14-9-7-13(22)8-10-14/h2-11,24,28H,1H2,(H,23,27,30). The van der Waals surface area contributed by atoms with Crippen molar-refractivity contribution >= 4 is 24.9 Å². The number of nitrogens with one attached hydrogen (secondary N) is 2. The lowest BCUT2D eigenvalue weighted by Crippen LogP contribution is -2.35. The molecule has 4 rings (SSSR count). The zero-order valence-electron chi connectivity index (χ0n) is 15.4. The van der Waals surface area contributed by atoms with Gasteiger partial charge in [0.2, 0.25) is 5.88 Å². The maximum absolute atomic E-state index is 13.3. The summed E-state index contributed by atoms with van der Waals surface area (Å²) in [4.78, 5) is 27.8. The van der Waals surface area contributed by atoms with E-state index in [9.17, 15) is 19.1 Å². The molecule has 0 spiro atoms. The van der Waals surface area contributed by atoms with Crippen LogP contribution in [0.5, 0.6) is 5.88 Å². The highest BCUT2D eigenvalue weighted by molar-refractivity contribution is 7.71. The van der Waals surface area contributed by atoms with Crippen LogP contribution in [0, 0.1) is 10.6 Å². The molecule has 0 unspecified atom stereocenters. The molecule has 0 saturated carbocycles. The summed E-state index contributed by atoms with van der Waals surface area (Å²) in [6.45, 7) is 3.82. The second-order valence-electron chi connectivity index (χ2n) is 6.43. The molecule has 4 aromatic rings. The molecule has 0 aliphatic heterocycles. The minimum atomic E-state index is -0.679. The number of aromatic hydroxyl groups is 1. The van der Waals surface area contributed by atoms with E-state index in [1.165, 1.54) is 39.6 Å². The van der Waals surface area contributed by atoms with Gasteiger partial charge in [-0.05, 0) is 54.7 Å². The topological polar surface area (TPSA) is 95.8 Å². The van der Waals surface area contributed by atoms with Crippen molar-refractivity contribution in [2.45, 2.75) is 0 Å². The molecule has 2 aromatic heterocycles. The van der Waals surface area contributed by atoms with Gasteiger partial charge in [0.25, 0.3) is 11.1 Å². The van der Waals surface area contributed by atoms with Gasteiger partial charge in [0.1, 0.15) is 11.4 Å². The molecule has 9 heteroatoms. The zero-order valence-corrected chi connectivity index (χ0v) is 16.2. The molecule has 0 aliphatic rings. The Morgan fingerprint density at radius 3 is 2.37 bits per heavy atom. The fourth-order valence-electron chi connectivity index (χ4n) is 3.05. The third-order valence-corrected chi connectivity index (χ3v) is 4.80. The van der Waals surface area contributed by atoms with Gasteiger partial charge in [-0.2, -0.15) is 0 Å². The molecule has 7 nitrogen and oxygen atoms in total. The summed E-state index contributed by atoms with van der Waals surface area (Å²) in [6.07, 6.45) is 1.24. The van der Waals surface area contributed by atoms with Crippen LogP contribution in [0.25, 0.3) is 24.0 Å². The van der Waals surface area contributed by atoms with Crippen molar-refractivity contribution in [2.75, 3.05) is 0 Å². The maximum atomic E-state index is 13.3. The Morgan fingerprint density at radius 1 is 1.03 bits per heavy atom. The Balaban J connectivity index is 1.97. The molecule has 2 heterocycles. The van der Waals surface area contributed by atoms with E-state index < -0.39 is 22.8 Å². The first-order chi connectivity index (χ1) is 14.4. The van der Waals surface area contributed by atoms with Crippen molar-refractivity contribution in [3.8, 4) is 17.3 Å². The Hall–Kier alpha value is -3.98. The number of aromatic amines is 2.